The molecule has 1 aromatic carbocycles. The van der Waals surface area contributed by atoms with E-state index in [1.54, 1.807) is 19.1 Å². The molecule has 1 unspecified atom stereocenters. The standard InChI is InChI=1S/C16H23FN2O2/c1-11-9-13(3-4-14(11)17)12(2)19-15(20)16(10-18)5-7-21-8-6-16/h3-4,9,12H,5-8,10,18H2,1-2H3,(H,19,20). The van der Waals surface area contributed by atoms with E-state index in [0.29, 0.717) is 38.2 Å². The first-order chi connectivity index (χ1) is 9.98. The van der Waals surface area contributed by atoms with Gasteiger partial charge in [-0.05, 0) is 43.9 Å². The number of amides is 1. The fourth-order valence-electron chi connectivity index (χ4n) is 2.66. The number of benzene rings is 1. The molecule has 0 aliphatic carbocycles. The van der Waals surface area contributed by atoms with E-state index >= 15 is 0 Å². The molecule has 5 heteroatoms. The minimum atomic E-state index is -0.540. The molecule has 21 heavy (non-hydrogen) atoms. The first kappa shape index (κ1) is 15.9. The summed E-state index contributed by atoms with van der Waals surface area (Å²) in [6.45, 7) is 5.06. The number of hydrogen-bond donors (Lipinski definition) is 2. The number of hydrogen-bond acceptors (Lipinski definition) is 3. The molecule has 1 aliphatic heterocycles. The third-order valence-corrected chi connectivity index (χ3v) is 4.35. The van der Waals surface area contributed by atoms with E-state index in [-0.39, 0.29) is 17.8 Å². The highest BCUT2D eigenvalue weighted by molar-refractivity contribution is 5.83. The number of carbonyl (C=O) groups is 1. The van der Waals surface area contributed by atoms with E-state index < -0.39 is 5.41 Å². The highest BCUT2D eigenvalue weighted by Gasteiger charge is 2.39. The minimum Gasteiger partial charge on any atom is -0.381 e. The lowest BCUT2D eigenvalue weighted by molar-refractivity contribution is -0.136. The highest BCUT2D eigenvalue weighted by atomic mass is 19.1. The minimum absolute atomic E-state index is 0.0391. The molecule has 0 radical (unpaired) electrons. The van der Waals surface area contributed by atoms with Crippen molar-refractivity contribution in [2.45, 2.75) is 32.7 Å². The maximum atomic E-state index is 13.3. The van der Waals surface area contributed by atoms with E-state index in [2.05, 4.69) is 5.32 Å². The van der Waals surface area contributed by atoms with Crippen LogP contribution in [0.25, 0.3) is 0 Å². The number of halogens is 1. The molecule has 0 bridgehead atoms. The summed E-state index contributed by atoms with van der Waals surface area (Å²) in [5.74, 6) is -0.275. The normalized spacial score (nSPS) is 19.0. The summed E-state index contributed by atoms with van der Waals surface area (Å²) in [5, 5.41) is 3.01. The zero-order chi connectivity index (χ0) is 15.5. The quantitative estimate of drug-likeness (QED) is 0.893. The van der Waals surface area contributed by atoms with Gasteiger partial charge in [-0.2, -0.15) is 0 Å². The van der Waals surface area contributed by atoms with E-state index in [1.165, 1.54) is 6.07 Å². The van der Waals surface area contributed by atoms with Gasteiger partial charge in [0.25, 0.3) is 0 Å². The SMILES string of the molecule is Cc1cc(C(C)NC(=O)C2(CN)CCOCC2)ccc1F. The summed E-state index contributed by atoms with van der Waals surface area (Å²) in [4.78, 5) is 12.6. The van der Waals surface area contributed by atoms with Crippen molar-refractivity contribution in [3.8, 4) is 0 Å². The fourth-order valence-corrected chi connectivity index (χ4v) is 2.66. The summed E-state index contributed by atoms with van der Waals surface area (Å²) in [6.07, 6.45) is 1.29. The van der Waals surface area contributed by atoms with Gasteiger partial charge in [0.05, 0.1) is 11.5 Å². The molecule has 1 heterocycles. The smallest absolute Gasteiger partial charge is 0.228 e. The van der Waals surface area contributed by atoms with Crippen LogP contribution in [0.15, 0.2) is 18.2 Å². The number of aryl methyl sites for hydroxylation is 1. The molecule has 4 nitrogen and oxygen atoms in total. The summed E-state index contributed by atoms with van der Waals surface area (Å²) < 4.78 is 18.6. The molecule has 1 atom stereocenters. The first-order valence-electron chi connectivity index (χ1n) is 7.33. The zero-order valence-corrected chi connectivity index (χ0v) is 12.6. The Morgan fingerprint density at radius 3 is 2.71 bits per heavy atom. The molecule has 0 saturated carbocycles. The molecule has 0 aromatic heterocycles. The molecule has 2 rings (SSSR count). The molecule has 1 aliphatic rings. The van der Waals surface area contributed by atoms with Crippen molar-refractivity contribution in [2.24, 2.45) is 11.1 Å². The molecule has 1 saturated heterocycles. The molecule has 1 amide bonds. The van der Waals surface area contributed by atoms with Gasteiger partial charge in [0.15, 0.2) is 0 Å². The lowest BCUT2D eigenvalue weighted by atomic mass is 9.79. The molecule has 0 spiro atoms. The van der Waals surface area contributed by atoms with E-state index in [1.807, 2.05) is 6.92 Å². The van der Waals surface area contributed by atoms with Crippen molar-refractivity contribution in [1.29, 1.82) is 0 Å². The topological polar surface area (TPSA) is 64.4 Å². The Balaban J connectivity index is 2.08. The maximum absolute atomic E-state index is 13.3. The second kappa shape index (κ2) is 6.54. The predicted octanol–water partition coefficient (Wildman–Crippen LogP) is 2.07. The van der Waals surface area contributed by atoms with E-state index in [4.69, 9.17) is 10.5 Å². The van der Waals surface area contributed by atoms with Crippen molar-refractivity contribution in [1.82, 2.24) is 5.32 Å². The Labute approximate surface area is 124 Å². The molecule has 116 valence electrons. The fraction of sp³-hybridized carbons (Fsp3) is 0.562. The first-order valence-corrected chi connectivity index (χ1v) is 7.33. The van der Waals surface area contributed by atoms with E-state index in [9.17, 15) is 9.18 Å². The lowest BCUT2D eigenvalue weighted by Gasteiger charge is -2.35. The number of carbonyl (C=O) groups excluding carboxylic acids is 1. The van der Waals surface area contributed by atoms with Crippen molar-refractivity contribution in [3.05, 3.63) is 35.1 Å². The summed E-state index contributed by atoms with van der Waals surface area (Å²) >= 11 is 0. The van der Waals surface area contributed by atoms with Crippen molar-refractivity contribution < 1.29 is 13.9 Å². The second-order valence-electron chi connectivity index (χ2n) is 5.80. The predicted molar refractivity (Wildman–Crippen MR) is 79.2 cm³/mol. The Hall–Kier alpha value is -1.46. The van der Waals surface area contributed by atoms with Gasteiger partial charge < -0.3 is 15.8 Å². The summed E-state index contributed by atoms with van der Waals surface area (Å²) in [5.41, 5.74) is 6.76. The number of nitrogens with two attached hydrogens (primary N) is 1. The maximum Gasteiger partial charge on any atom is 0.228 e. The van der Waals surface area contributed by atoms with Crippen molar-refractivity contribution in [2.75, 3.05) is 19.8 Å². The van der Waals surface area contributed by atoms with Crippen LogP contribution in [0.3, 0.4) is 0 Å². The molecule has 3 N–H and O–H groups in total. The third kappa shape index (κ3) is 3.41. The van der Waals surface area contributed by atoms with Crippen LogP contribution >= 0.6 is 0 Å². The lowest BCUT2D eigenvalue weighted by Crippen LogP contribution is -2.49. The van der Waals surface area contributed by atoms with Crippen LogP contribution in [0.1, 0.15) is 36.9 Å². The van der Waals surface area contributed by atoms with E-state index in [0.717, 1.165) is 5.56 Å². The van der Waals surface area contributed by atoms with Crippen LogP contribution in [0.2, 0.25) is 0 Å². The number of rotatable bonds is 4. The van der Waals surface area contributed by atoms with Gasteiger partial charge in [-0.1, -0.05) is 12.1 Å². The van der Waals surface area contributed by atoms with Gasteiger partial charge in [0.1, 0.15) is 5.82 Å². The Morgan fingerprint density at radius 2 is 2.14 bits per heavy atom. The summed E-state index contributed by atoms with van der Waals surface area (Å²) in [6, 6.07) is 4.72. The molecule has 1 fully saturated rings. The van der Waals surface area contributed by atoms with Gasteiger partial charge in [-0.25, -0.2) is 4.39 Å². The number of nitrogens with one attached hydrogen (secondary N) is 1. The Bertz CT molecular complexity index is 513. The monoisotopic (exact) mass is 294 g/mol. The average molecular weight is 294 g/mol. The second-order valence-corrected chi connectivity index (χ2v) is 5.80. The van der Waals surface area contributed by atoms with Crippen molar-refractivity contribution in [3.63, 3.8) is 0 Å². The van der Waals surface area contributed by atoms with Gasteiger partial charge in [-0.3, -0.25) is 4.79 Å². The Kier molecular flexibility index (Phi) is 4.96. The Morgan fingerprint density at radius 1 is 1.48 bits per heavy atom. The van der Waals surface area contributed by atoms with Crippen LogP contribution in [0.5, 0.6) is 0 Å². The zero-order valence-electron chi connectivity index (χ0n) is 12.6. The highest BCUT2D eigenvalue weighted by Crippen LogP contribution is 2.30. The summed E-state index contributed by atoms with van der Waals surface area (Å²) in [7, 11) is 0. The van der Waals surface area contributed by atoms with Gasteiger partial charge >= 0.3 is 0 Å². The van der Waals surface area contributed by atoms with Gasteiger partial charge in [0, 0.05) is 19.8 Å². The van der Waals surface area contributed by atoms with Gasteiger partial charge in [0.2, 0.25) is 5.91 Å². The molecular weight excluding hydrogens is 271 g/mol. The third-order valence-electron chi connectivity index (χ3n) is 4.35. The van der Waals surface area contributed by atoms with Crippen LogP contribution in [0.4, 0.5) is 4.39 Å². The van der Waals surface area contributed by atoms with Crippen molar-refractivity contribution >= 4 is 5.91 Å². The average Bonchev–Trinajstić information content (AvgIpc) is 2.50. The van der Waals surface area contributed by atoms with Crippen LogP contribution in [0, 0.1) is 18.2 Å². The molecular formula is C16H23FN2O2. The number of ether oxygens (including phenoxy) is 1. The largest absolute Gasteiger partial charge is 0.381 e. The van der Waals surface area contributed by atoms with Crippen LogP contribution in [-0.2, 0) is 9.53 Å². The van der Waals surface area contributed by atoms with Crippen LogP contribution in [-0.4, -0.2) is 25.7 Å². The van der Waals surface area contributed by atoms with Gasteiger partial charge in [-0.15, -0.1) is 0 Å². The molecule has 1 aromatic rings. The van der Waals surface area contributed by atoms with Crippen LogP contribution < -0.4 is 11.1 Å².